The Hall–Kier alpha value is -3.11. The molecular formula is C22H35N5O6. The normalized spacial score (nSPS) is 17.2. The number of nitrogens with one attached hydrogen (secondary N) is 3. The van der Waals surface area contributed by atoms with E-state index in [1.807, 2.05) is 20.8 Å². The Morgan fingerprint density at radius 2 is 1.94 bits per heavy atom. The maximum absolute atomic E-state index is 13.2. The van der Waals surface area contributed by atoms with E-state index < -0.39 is 35.5 Å². The first kappa shape index (κ1) is 26.1. The molecule has 0 aromatic carbocycles. The maximum Gasteiger partial charge on any atom is 0.429 e. The molecule has 3 N–H and O–H groups in total. The molecule has 1 aromatic rings. The van der Waals surface area contributed by atoms with Gasteiger partial charge >= 0.3 is 6.09 Å². The van der Waals surface area contributed by atoms with Crippen LogP contribution in [-0.2, 0) is 14.3 Å². The third kappa shape index (κ3) is 8.39. The summed E-state index contributed by atoms with van der Waals surface area (Å²) in [5.74, 6) is -1.40. The van der Waals surface area contributed by atoms with Crippen LogP contribution in [0.15, 0.2) is 10.6 Å². The SMILES string of the molecule is Cc1cc(C(=O)NC(CC(C)(C)C)C(=O)NN(C[C@@H]2CCNC2=O)C(=O)OC(C)(C)C)no1. The van der Waals surface area contributed by atoms with E-state index in [2.05, 4.69) is 21.2 Å². The average Bonchev–Trinajstić information content (AvgIpc) is 3.26. The van der Waals surface area contributed by atoms with Crippen molar-refractivity contribution in [2.75, 3.05) is 13.1 Å². The second-order valence-corrected chi connectivity index (χ2v) is 10.5. The van der Waals surface area contributed by atoms with Gasteiger partial charge < -0.3 is 19.9 Å². The summed E-state index contributed by atoms with van der Waals surface area (Å²) < 4.78 is 10.3. The third-order valence-corrected chi connectivity index (χ3v) is 4.72. The van der Waals surface area contributed by atoms with Gasteiger partial charge in [0.1, 0.15) is 17.4 Å². The molecule has 0 spiro atoms. The van der Waals surface area contributed by atoms with E-state index in [1.165, 1.54) is 6.07 Å². The van der Waals surface area contributed by atoms with Crippen LogP contribution < -0.4 is 16.1 Å². The van der Waals surface area contributed by atoms with E-state index in [4.69, 9.17) is 9.26 Å². The summed E-state index contributed by atoms with van der Waals surface area (Å²) in [5, 5.41) is 10.1. The highest BCUT2D eigenvalue weighted by atomic mass is 16.6. The monoisotopic (exact) mass is 465 g/mol. The third-order valence-electron chi connectivity index (χ3n) is 4.72. The van der Waals surface area contributed by atoms with Crippen molar-refractivity contribution in [3.8, 4) is 0 Å². The van der Waals surface area contributed by atoms with Crippen molar-refractivity contribution in [2.45, 2.75) is 73.0 Å². The van der Waals surface area contributed by atoms with Crippen LogP contribution in [0.3, 0.4) is 0 Å². The lowest BCUT2D eigenvalue weighted by Gasteiger charge is -2.31. The lowest BCUT2D eigenvalue weighted by molar-refractivity contribution is -0.130. The zero-order valence-electron chi connectivity index (χ0n) is 20.4. The minimum absolute atomic E-state index is 0.0471. The highest BCUT2D eigenvalue weighted by Crippen LogP contribution is 2.22. The molecule has 0 aliphatic carbocycles. The quantitative estimate of drug-likeness (QED) is 0.545. The van der Waals surface area contributed by atoms with Crippen LogP contribution >= 0.6 is 0 Å². The van der Waals surface area contributed by atoms with Gasteiger partial charge in [0, 0.05) is 12.6 Å². The number of aryl methyl sites for hydroxylation is 1. The Morgan fingerprint density at radius 1 is 1.27 bits per heavy atom. The highest BCUT2D eigenvalue weighted by molar-refractivity contribution is 5.96. The zero-order valence-corrected chi connectivity index (χ0v) is 20.4. The standard InChI is InChI=1S/C22H35N5O6/c1-13-10-15(26-33-13)18(29)24-16(11-21(2,3)4)19(30)25-27(20(31)32-22(5,6)7)12-14-8-9-23-17(14)28/h10,14,16H,8-9,11-12H2,1-7H3,(H,23,28)(H,24,29)(H,25,30)/t14-,16?/m0/s1. The molecule has 33 heavy (non-hydrogen) atoms. The molecule has 2 heterocycles. The largest absolute Gasteiger partial charge is 0.442 e. The van der Waals surface area contributed by atoms with Gasteiger partial charge in [0.15, 0.2) is 5.69 Å². The molecule has 1 saturated heterocycles. The van der Waals surface area contributed by atoms with Crippen molar-refractivity contribution in [1.29, 1.82) is 0 Å². The van der Waals surface area contributed by atoms with Crippen LogP contribution in [0.2, 0.25) is 0 Å². The Balaban J connectivity index is 2.20. The van der Waals surface area contributed by atoms with Gasteiger partial charge in [-0.25, -0.2) is 9.80 Å². The van der Waals surface area contributed by atoms with E-state index in [1.54, 1.807) is 27.7 Å². The zero-order chi connectivity index (χ0) is 25.0. The van der Waals surface area contributed by atoms with Crippen LogP contribution in [0.4, 0.5) is 4.79 Å². The molecule has 11 nitrogen and oxygen atoms in total. The highest BCUT2D eigenvalue weighted by Gasteiger charge is 2.34. The number of carbonyl (C=O) groups excluding carboxylic acids is 4. The first-order valence-electron chi connectivity index (χ1n) is 11.0. The molecule has 1 aromatic heterocycles. The fourth-order valence-electron chi connectivity index (χ4n) is 3.26. The average molecular weight is 466 g/mol. The summed E-state index contributed by atoms with van der Waals surface area (Å²) in [6, 6.07) is 0.490. The minimum atomic E-state index is -0.975. The van der Waals surface area contributed by atoms with Crippen molar-refractivity contribution in [3.63, 3.8) is 0 Å². The predicted octanol–water partition coefficient (Wildman–Crippen LogP) is 1.92. The number of hydrogen-bond acceptors (Lipinski definition) is 7. The molecule has 1 unspecified atom stereocenters. The van der Waals surface area contributed by atoms with Crippen LogP contribution in [0.5, 0.6) is 0 Å². The van der Waals surface area contributed by atoms with Gasteiger partial charge in [0.2, 0.25) is 5.91 Å². The first-order chi connectivity index (χ1) is 15.1. The molecule has 11 heteroatoms. The summed E-state index contributed by atoms with van der Waals surface area (Å²) in [4.78, 5) is 50.7. The molecule has 1 aliphatic heterocycles. The number of nitrogens with zero attached hydrogens (tertiary/aromatic N) is 2. The molecule has 2 atom stereocenters. The fourth-order valence-corrected chi connectivity index (χ4v) is 3.26. The van der Waals surface area contributed by atoms with Crippen LogP contribution in [-0.4, -0.2) is 58.7 Å². The van der Waals surface area contributed by atoms with Gasteiger partial charge in [-0.15, -0.1) is 0 Å². The first-order valence-corrected chi connectivity index (χ1v) is 11.0. The number of hydrogen-bond donors (Lipinski definition) is 3. The molecular weight excluding hydrogens is 430 g/mol. The van der Waals surface area contributed by atoms with Crippen LogP contribution in [0, 0.1) is 18.3 Å². The lowest BCUT2D eigenvalue weighted by Crippen LogP contribution is -2.57. The summed E-state index contributed by atoms with van der Waals surface area (Å²) in [6.07, 6.45) is 0.0262. The van der Waals surface area contributed by atoms with Crippen molar-refractivity contribution < 1.29 is 28.4 Å². The Labute approximate surface area is 193 Å². The molecule has 184 valence electrons. The molecule has 0 bridgehead atoms. The van der Waals surface area contributed by atoms with Crippen molar-refractivity contribution >= 4 is 23.8 Å². The topological polar surface area (TPSA) is 143 Å². The summed E-state index contributed by atoms with van der Waals surface area (Å²) in [7, 11) is 0. The van der Waals surface area contributed by atoms with Gasteiger partial charge in [-0.05, 0) is 46.0 Å². The lowest BCUT2D eigenvalue weighted by atomic mass is 9.87. The van der Waals surface area contributed by atoms with Gasteiger partial charge in [0.25, 0.3) is 11.8 Å². The molecule has 1 fully saturated rings. The summed E-state index contributed by atoms with van der Waals surface area (Å²) >= 11 is 0. The molecule has 0 saturated carbocycles. The smallest absolute Gasteiger partial charge is 0.429 e. The summed E-state index contributed by atoms with van der Waals surface area (Å²) in [5.41, 5.74) is 1.47. The van der Waals surface area contributed by atoms with E-state index in [0.29, 0.717) is 18.7 Å². The molecule has 0 radical (unpaired) electrons. The van der Waals surface area contributed by atoms with Gasteiger partial charge in [-0.3, -0.25) is 19.8 Å². The van der Waals surface area contributed by atoms with Crippen molar-refractivity contribution in [3.05, 3.63) is 17.5 Å². The number of amides is 4. The summed E-state index contributed by atoms with van der Waals surface area (Å²) in [6.45, 7) is 13.0. The second-order valence-electron chi connectivity index (χ2n) is 10.5. The number of aromatic nitrogens is 1. The number of ether oxygens (including phenoxy) is 1. The molecule has 4 amide bonds. The Kier molecular flexibility index (Phi) is 8.10. The van der Waals surface area contributed by atoms with Gasteiger partial charge in [-0.2, -0.15) is 0 Å². The molecule has 2 rings (SSSR count). The van der Waals surface area contributed by atoms with E-state index in [0.717, 1.165) is 5.01 Å². The van der Waals surface area contributed by atoms with Crippen LogP contribution in [0.25, 0.3) is 0 Å². The van der Waals surface area contributed by atoms with Gasteiger partial charge in [0.05, 0.1) is 12.5 Å². The van der Waals surface area contributed by atoms with Crippen molar-refractivity contribution in [1.82, 2.24) is 26.2 Å². The Morgan fingerprint density at radius 3 is 2.42 bits per heavy atom. The van der Waals surface area contributed by atoms with Gasteiger partial charge in [-0.1, -0.05) is 25.9 Å². The maximum atomic E-state index is 13.2. The number of hydrazine groups is 1. The van der Waals surface area contributed by atoms with E-state index in [9.17, 15) is 19.2 Å². The van der Waals surface area contributed by atoms with Crippen molar-refractivity contribution in [2.24, 2.45) is 11.3 Å². The Bertz CT molecular complexity index is 883. The number of rotatable bonds is 6. The predicted molar refractivity (Wildman–Crippen MR) is 119 cm³/mol. The fraction of sp³-hybridized carbons (Fsp3) is 0.682. The number of carbonyl (C=O) groups is 4. The van der Waals surface area contributed by atoms with E-state index >= 15 is 0 Å². The minimum Gasteiger partial charge on any atom is -0.442 e. The van der Waals surface area contributed by atoms with Crippen LogP contribution in [0.1, 0.15) is 70.6 Å². The van der Waals surface area contributed by atoms with E-state index in [-0.39, 0.29) is 30.0 Å². The molecule has 1 aliphatic rings. The second kappa shape index (κ2) is 10.2.